The summed E-state index contributed by atoms with van der Waals surface area (Å²) in [6, 6.07) is 4.34. The molecular formula is C15H21F3N2O. The van der Waals surface area contributed by atoms with E-state index in [0.717, 1.165) is 5.56 Å². The number of piperazine rings is 1. The Labute approximate surface area is 123 Å². The summed E-state index contributed by atoms with van der Waals surface area (Å²) in [7, 11) is 0. The van der Waals surface area contributed by atoms with Crippen molar-refractivity contribution >= 4 is 0 Å². The Morgan fingerprint density at radius 2 is 1.67 bits per heavy atom. The number of hydrogen-bond acceptors (Lipinski definition) is 3. The number of halogens is 3. The molecular weight excluding hydrogens is 281 g/mol. The molecule has 1 N–H and O–H groups in total. The van der Waals surface area contributed by atoms with Crippen molar-refractivity contribution in [2.75, 3.05) is 39.3 Å². The minimum Gasteiger partial charge on any atom is -0.387 e. The average Bonchev–Trinajstić information content (AvgIpc) is 2.40. The molecule has 1 saturated heterocycles. The summed E-state index contributed by atoms with van der Waals surface area (Å²) in [5.74, 6) is -0.316. The van der Waals surface area contributed by atoms with Crippen molar-refractivity contribution in [3.05, 3.63) is 35.1 Å². The van der Waals surface area contributed by atoms with Gasteiger partial charge in [-0.3, -0.25) is 9.80 Å². The number of aryl methyl sites for hydroxylation is 1. The molecule has 0 bridgehead atoms. The predicted octanol–water partition coefficient (Wildman–Crippen LogP) is 2.05. The summed E-state index contributed by atoms with van der Waals surface area (Å²) in [5.41, 5.74) is 1.44. The molecule has 21 heavy (non-hydrogen) atoms. The molecule has 1 unspecified atom stereocenters. The van der Waals surface area contributed by atoms with Crippen molar-refractivity contribution < 1.29 is 18.3 Å². The number of rotatable bonds is 5. The van der Waals surface area contributed by atoms with Crippen LogP contribution in [0.15, 0.2) is 18.2 Å². The lowest BCUT2D eigenvalue weighted by molar-refractivity contribution is 0.0383. The molecule has 1 aliphatic heterocycles. The second kappa shape index (κ2) is 7.24. The molecule has 1 aliphatic rings. The van der Waals surface area contributed by atoms with E-state index in [4.69, 9.17) is 0 Å². The minimum absolute atomic E-state index is 0.187. The quantitative estimate of drug-likeness (QED) is 0.902. The maximum Gasteiger partial charge on any atom is 0.251 e. The van der Waals surface area contributed by atoms with Crippen LogP contribution in [0.3, 0.4) is 0 Å². The van der Waals surface area contributed by atoms with Crippen LogP contribution in [0.1, 0.15) is 17.2 Å². The molecule has 0 aromatic heterocycles. The highest BCUT2D eigenvalue weighted by Crippen LogP contribution is 2.20. The monoisotopic (exact) mass is 302 g/mol. The first-order valence-electron chi connectivity index (χ1n) is 7.12. The first-order chi connectivity index (χ1) is 9.95. The van der Waals surface area contributed by atoms with E-state index in [-0.39, 0.29) is 12.4 Å². The molecule has 0 aliphatic carbocycles. The van der Waals surface area contributed by atoms with E-state index in [1.165, 1.54) is 12.1 Å². The lowest BCUT2D eigenvalue weighted by Gasteiger charge is -2.35. The SMILES string of the molecule is Cc1cc(F)ccc1C(O)CN1CCN(CC(F)F)CC1. The number of hydrogen-bond donors (Lipinski definition) is 1. The molecule has 0 amide bonds. The summed E-state index contributed by atoms with van der Waals surface area (Å²) in [6.45, 7) is 4.50. The van der Waals surface area contributed by atoms with Gasteiger partial charge in [-0.2, -0.15) is 0 Å². The zero-order valence-electron chi connectivity index (χ0n) is 12.1. The van der Waals surface area contributed by atoms with Gasteiger partial charge in [0, 0.05) is 32.7 Å². The number of β-amino-alcohol motifs (C(OH)–C–C–N with tert-alkyl or cyclic N) is 1. The van der Waals surface area contributed by atoms with Crippen LogP contribution in [0.2, 0.25) is 0 Å². The van der Waals surface area contributed by atoms with Gasteiger partial charge in [0.1, 0.15) is 5.82 Å². The summed E-state index contributed by atoms with van der Waals surface area (Å²) in [5, 5.41) is 10.3. The molecule has 1 atom stereocenters. The van der Waals surface area contributed by atoms with Crippen molar-refractivity contribution in [3.8, 4) is 0 Å². The molecule has 3 nitrogen and oxygen atoms in total. The topological polar surface area (TPSA) is 26.7 Å². The molecule has 118 valence electrons. The van der Waals surface area contributed by atoms with Crippen LogP contribution in [0.4, 0.5) is 13.2 Å². The van der Waals surface area contributed by atoms with Gasteiger partial charge in [-0.05, 0) is 30.2 Å². The Kier molecular flexibility index (Phi) is 5.61. The molecule has 1 fully saturated rings. The van der Waals surface area contributed by atoms with Crippen LogP contribution in [0, 0.1) is 12.7 Å². The van der Waals surface area contributed by atoms with E-state index < -0.39 is 12.5 Å². The number of aliphatic hydroxyl groups is 1. The zero-order chi connectivity index (χ0) is 15.4. The predicted molar refractivity (Wildman–Crippen MR) is 75.0 cm³/mol. The fourth-order valence-electron chi connectivity index (χ4n) is 2.71. The van der Waals surface area contributed by atoms with E-state index >= 15 is 0 Å². The summed E-state index contributed by atoms with van der Waals surface area (Å²) in [6.07, 6.45) is -2.99. The van der Waals surface area contributed by atoms with Gasteiger partial charge in [-0.25, -0.2) is 13.2 Å². The molecule has 6 heteroatoms. The standard InChI is InChI=1S/C15H21F3N2O/c1-11-8-12(16)2-3-13(11)14(21)9-19-4-6-20(7-5-19)10-15(17)18/h2-3,8,14-15,21H,4-7,9-10H2,1H3. The normalized spacial score (nSPS) is 19.1. The Morgan fingerprint density at radius 1 is 1.10 bits per heavy atom. The van der Waals surface area contributed by atoms with E-state index in [1.807, 2.05) is 0 Å². The maximum absolute atomic E-state index is 13.1. The van der Waals surface area contributed by atoms with Gasteiger partial charge in [0.05, 0.1) is 12.6 Å². The van der Waals surface area contributed by atoms with Crippen LogP contribution in [-0.2, 0) is 0 Å². The van der Waals surface area contributed by atoms with Crippen LogP contribution in [0.25, 0.3) is 0 Å². The number of benzene rings is 1. The lowest BCUT2D eigenvalue weighted by Crippen LogP contribution is -2.48. The third-order valence-electron chi connectivity index (χ3n) is 3.88. The average molecular weight is 302 g/mol. The lowest BCUT2D eigenvalue weighted by atomic mass is 10.0. The fraction of sp³-hybridized carbons (Fsp3) is 0.600. The Morgan fingerprint density at radius 3 is 2.19 bits per heavy atom. The number of aliphatic hydroxyl groups excluding tert-OH is 1. The highest BCUT2D eigenvalue weighted by molar-refractivity contribution is 5.28. The summed E-state index contributed by atoms with van der Waals surface area (Å²) < 4.78 is 37.7. The maximum atomic E-state index is 13.1. The highest BCUT2D eigenvalue weighted by atomic mass is 19.3. The van der Waals surface area contributed by atoms with E-state index in [0.29, 0.717) is 38.3 Å². The van der Waals surface area contributed by atoms with Crippen molar-refractivity contribution in [2.45, 2.75) is 19.5 Å². The number of alkyl halides is 2. The largest absolute Gasteiger partial charge is 0.387 e. The molecule has 0 spiro atoms. The smallest absolute Gasteiger partial charge is 0.251 e. The second-order valence-corrected chi connectivity index (χ2v) is 5.51. The van der Waals surface area contributed by atoms with Gasteiger partial charge in [-0.1, -0.05) is 6.07 Å². The van der Waals surface area contributed by atoms with Crippen molar-refractivity contribution in [3.63, 3.8) is 0 Å². The molecule has 2 rings (SSSR count). The highest BCUT2D eigenvalue weighted by Gasteiger charge is 2.22. The minimum atomic E-state index is -2.30. The summed E-state index contributed by atoms with van der Waals surface area (Å²) in [4.78, 5) is 3.78. The molecule has 1 aromatic rings. The van der Waals surface area contributed by atoms with E-state index in [2.05, 4.69) is 4.90 Å². The van der Waals surface area contributed by atoms with E-state index in [1.54, 1.807) is 17.9 Å². The third-order valence-corrected chi connectivity index (χ3v) is 3.88. The van der Waals surface area contributed by atoms with Crippen LogP contribution in [0.5, 0.6) is 0 Å². The van der Waals surface area contributed by atoms with Crippen LogP contribution in [-0.4, -0.2) is 60.6 Å². The molecule has 1 aromatic carbocycles. The first kappa shape index (κ1) is 16.3. The van der Waals surface area contributed by atoms with Gasteiger partial charge in [-0.15, -0.1) is 0 Å². The van der Waals surface area contributed by atoms with E-state index in [9.17, 15) is 18.3 Å². The fourth-order valence-corrected chi connectivity index (χ4v) is 2.71. The Bertz CT molecular complexity index is 462. The van der Waals surface area contributed by atoms with Gasteiger partial charge in [0.15, 0.2) is 0 Å². The summed E-state index contributed by atoms with van der Waals surface area (Å²) >= 11 is 0. The van der Waals surface area contributed by atoms with Crippen LogP contribution >= 0.6 is 0 Å². The molecule has 1 heterocycles. The van der Waals surface area contributed by atoms with Gasteiger partial charge in [0.2, 0.25) is 0 Å². The number of nitrogens with zero attached hydrogens (tertiary/aromatic N) is 2. The molecule has 0 saturated carbocycles. The third kappa shape index (κ3) is 4.69. The van der Waals surface area contributed by atoms with Gasteiger partial charge in [0.25, 0.3) is 6.43 Å². The van der Waals surface area contributed by atoms with Crippen molar-refractivity contribution in [2.24, 2.45) is 0 Å². The van der Waals surface area contributed by atoms with Crippen molar-refractivity contribution in [1.29, 1.82) is 0 Å². The molecule has 0 radical (unpaired) electrons. The Balaban J connectivity index is 1.85. The first-order valence-corrected chi connectivity index (χ1v) is 7.12. The second-order valence-electron chi connectivity index (χ2n) is 5.51. The Hall–Kier alpha value is -1.11. The van der Waals surface area contributed by atoms with Crippen LogP contribution < -0.4 is 0 Å². The van der Waals surface area contributed by atoms with Gasteiger partial charge >= 0.3 is 0 Å². The zero-order valence-corrected chi connectivity index (χ0v) is 12.1. The van der Waals surface area contributed by atoms with Gasteiger partial charge < -0.3 is 5.11 Å². The van der Waals surface area contributed by atoms with Crippen molar-refractivity contribution in [1.82, 2.24) is 9.80 Å².